The summed E-state index contributed by atoms with van der Waals surface area (Å²) >= 11 is 0. The summed E-state index contributed by atoms with van der Waals surface area (Å²) in [4.78, 5) is 4.21. The maximum Gasteiger partial charge on any atom is 0.123 e. The molecule has 2 rings (SSSR count). The Morgan fingerprint density at radius 3 is 2.72 bits per heavy atom. The van der Waals surface area contributed by atoms with Crippen molar-refractivity contribution >= 4 is 0 Å². The van der Waals surface area contributed by atoms with Crippen molar-refractivity contribution in [3.63, 3.8) is 0 Å². The van der Waals surface area contributed by atoms with Crippen molar-refractivity contribution in [2.24, 2.45) is 0 Å². The molecule has 18 heavy (non-hydrogen) atoms. The van der Waals surface area contributed by atoms with E-state index in [0.717, 1.165) is 23.2 Å². The van der Waals surface area contributed by atoms with Crippen molar-refractivity contribution in [1.82, 2.24) is 10.3 Å². The number of hydrogen-bond donors (Lipinski definition) is 1. The molecule has 0 aliphatic heterocycles. The normalized spacial score (nSPS) is 10.9. The van der Waals surface area contributed by atoms with Crippen LogP contribution in [0.5, 0.6) is 0 Å². The van der Waals surface area contributed by atoms with Gasteiger partial charge >= 0.3 is 0 Å². The highest BCUT2D eigenvalue weighted by atomic mass is 19.1. The van der Waals surface area contributed by atoms with Crippen LogP contribution in [-0.2, 0) is 6.54 Å². The summed E-state index contributed by atoms with van der Waals surface area (Å²) in [5.41, 5.74) is 2.90. The molecule has 94 valence electrons. The summed E-state index contributed by atoms with van der Waals surface area (Å²) in [6.45, 7) is 4.97. The first-order chi connectivity index (χ1) is 8.65. The van der Waals surface area contributed by atoms with Crippen LogP contribution in [0.2, 0.25) is 0 Å². The number of nitrogens with zero attached hydrogens (tertiary/aromatic N) is 1. The lowest BCUT2D eigenvalue weighted by atomic mass is 10.1. The summed E-state index contributed by atoms with van der Waals surface area (Å²) in [6.07, 6.45) is 3.59. The lowest BCUT2D eigenvalue weighted by Gasteiger charge is -2.09. The molecule has 1 N–H and O–H groups in total. The van der Waals surface area contributed by atoms with Crippen LogP contribution in [-0.4, -0.2) is 11.0 Å². The topological polar surface area (TPSA) is 24.9 Å². The Labute approximate surface area is 107 Å². The molecule has 0 bridgehead atoms. The highest BCUT2D eigenvalue weighted by Gasteiger charge is 2.02. The van der Waals surface area contributed by atoms with Crippen LogP contribution in [0.15, 0.2) is 42.7 Å². The van der Waals surface area contributed by atoms with Crippen molar-refractivity contribution in [2.75, 3.05) is 0 Å². The molecule has 1 aromatic heterocycles. The third-order valence-electron chi connectivity index (χ3n) is 2.67. The average Bonchev–Trinajstić information content (AvgIpc) is 2.37. The molecule has 0 unspecified atom stereocenters. The molecular formula is C15H17FN2. The van der Waals surface area contributed by atoms with Gasteiger partial charge in [0.05, 0.1) is 0 Å². The molecule has 0 atom stereocenters. The van der Waals surface area contributed by atoms with Crippen LogP contribution in [0.4, 0.5) is 4.39 Å². The van der Waals surface area contributed by atoms with Gasteiger partial charge in [0, 0.05) is 30.5 Å². The molecule has 0 radical (unpaired) electrons. The number of rotatable bonds is 4. The van der Waals surface area contributed by atoms with E-state index in [1.807, 2.05) is 18.3 Å². The van der Waals surface area contributed by atoms with Gasteiger partial charge in [-0.25, -0.2) is 4.39 Å². The molecule has 0 aliphatic carbocycles. The highest BCUT2D eigenvalue weighted by Crippen LogP contribution is 2.20. The Morgan fingerprint density at radius 1 is 1.17 bits per heavy atom. The van der Waals surface area contributed by atoms with Gasteiger partial charge in [0.2, 0.25) is 0 Å². The molecule has 2 nitrogen and oxygen atoms in total. The van der Waals surface area contributed by atoms with Crippen molar-refractivity contribution in [3.05, 3.63) is 54.1 Å². The second kappa shape index (κ2) is 5.74. The minimum atomic E-state index is -0.224. The predicted molar refractivity (Wildman–Crippen MR) is 71.6 cm³/mol. The van der Waals surface area contributed by atoms with Gasteiger partial charge in [0.25, 0.3) is 0 Å². The summed E-state index contributed by atoms with van der Waals surface area (Å²) in [5.74, 6) is -0.224. The Morgan fingerprint density at radius 2 is 2.00 bits per heavy atom. The zero-order valence-corrected chi connectivity index (χ0v) is 10.7. The van der Waals surface area contributed by atoms with Crippen LogP contribution >= 0.6 is 0 Å². The van der Waals surface area contributed by atoms with Crippen molar-refractivity contribution in [1.29, 1.82) is 0 Å². The van der Waals surface area contributed by atoms with E-state index in [9.17, 15) is 4.39 Å². The van der Waals surface area contributed by atoms with Crippen molar-refractivity contribution in [2.45, 2.75) is 26.4 Å². The molecule has 0 aliphatic rings. The quantitative estimate of drug-likeness (QED) is 0.891. The molecule has 1 heterocycles. The second-order valence-electron chi connectivity index (χ2n) is 4.63. The molecule has 2 aromatic rings. The van der Waals surface area contributed by atoms with Crippen LogP contribution in [0.3, 0.4) is 0 Å². The molecular weight excluding hydrogens is 227 g/mol. The highest BCUT2D eigenvalue weighted by molar-refractivity contribution is 5.62. The first-order valence-corrected chi connectivity index (χ1v) is 6.08. The molecule has 3 heteroatoms. The number of nitrogens with one attached hydrogen (secondary N) is 1. The Hall–Kier alpha value is -1.74. The van der Waals surface area contributed by atoms with E-state index in [4.69, 9.17) is 0 Å². The lowest BCUT2D eigenvalue weighted by Crippen LogP contribution is -2.21. The fraction of sp³-hybridized carbons (Fsp3) is 0.267. The van der Waals surface area contributed by atoms with Gasteiger partial charge in [-0.15, -0.1) is 0 Å². The fourth-order valence-electron chi connectivity index (χ4n) is 1.73. The van der Waals surface area contributed by atoms with Gasteiger partial charge in [0.15, 0.2) is 0 Å². The minimum Gasteiger partial charge on any atom is -0.310 e. The van der Waals surface area contributed by atoms with Crippen LogP contribution < -0.4 is 5.32 Å². The van der Waals surface area contributed by atoms with E-state index in [-0.39, 0.29) is 5.82 Å². The third-order valence-corrected chi connectivity index (χ3v) is 2.67. The van der Waals surface area contributed by atoms with Gasteiger partial charge in [-0.05, 0) is 29.3 Å². The third kappa shape index (κ3) is 3.37. The lowest BCUT2D eigenvalue weighted by molar-refractivity contribution is 0.588. The summed E-state index contributed by atoms with van der Waals surface area (Å²) in [7, 11) is 0. The van der Waals surface area contributed by atoms with Crippen LogP contribution in [0, 0.1) is 5.82 Å². The SMILES string of the molecule is CC(C)NCc1cncc(-c2cccc(F)c2)c1. The second-order valence-corrected chi connectivity index (χ2v) is 4.63. The minimum absolute atomic E-state index is 0.224. The number of halogens is 1. The standard InChI is InChI=1S/C15H17FN2/c1-11(2)18-9-12-6-14(10-17-8-12)13-4-3-5-15(16)7-13/h3-8,10-11,18H,9H2,1-2H3. The van der Waals surface area contributed by atoms with Gasteiger partial charge < -0.3 is 5.32 Å². The molecule has 0 spiro atoms. The Bertz CT molecular complexity index is 523. The van der Waals surface area contributed by atoms with Gasteiger partial charge in [-0.2, -0.15) is 0 Å². The maximum absolute atomic E-state index is 13.2. The summed E-state index contributed by atoms with van der Waals surface area (Å²) in [6, 6.07) is 9.04. The Balaban J connectivity index is 2.21. The molecule has 0 fully saturated rings. The van der Waals surface area contributed by atoms with E-state index in [1.165, 1.54) is 12.1 Å². The van der Waals surface area contributed by atoms with E-state index in [0.29, 0.717) is 6.04 Å². The van der Waals surface area contributed by atoms with Crippen LogP contribution in [0.1, 0.15) is 19.4 Å². The van der Waals surface area contributed by atoms with Gasteiger partial charge in [-0.1, -0.05) is 26.0 Å². The van der Waals surface area contributed by atoms with Crippen LogP contribution in [0.25, 0.3) is 11.1 Å². The molecule has 0 saturated carbocycles. The summed E-state index contributed by atoms with van der Waals surface area (Å²) < 4.78 is 13.2. The maximum atomic E-state index is 13.2. The van der Waals surface area contributed by atoms with Gasteiger partial charge in [0.1, 0.15) is 5.82 Å². The molecule has 0 amide bonds. The largest absolute Gasteiger partial charge is 0.310 e. The first kappa shape index (κ1) is 12.7. The van der Waals surface area contributed by atoms with E-state index in [1.54, 1.807) is 12.3 Å². The molecule has 0 saturated heterocycles. The summed E-state index contributed by atoms with van der Waals surface area (Å²) in [5, 5.41) is 3.34. The zero-order valence-electron chi connectivity index (χ0n) is 10.7. The predicted octanol–water partition coefficient (Wildman–Crippen LogP) is 3.39. The smallest absolute Gasteiger partial charge is 0.123 e. The molecule has 1 aromatic carbocycles. The van der Waals surface area contributed by atoms with E-state index < -0.39 is 0 Å². The van der Waals surface area contributed by atoms with E-state index >= 15 is 0 Å². The number of aromatic nitrogens is 1. The monoisotopic (exact) mass is 244 g/mol. The van der Waals surface area contributed by atoms with Crippen molar-refractivity contribution in [3.8, 4) is 11.1 Å². The van der Waals surface area contributed by atoms with Gasteiger partial charge in [-0.3, -0.25) is 4.98 Å². The Kier molecular flexibility index (Phi) is 4.05. The number of benzene rings is 1. The van der Waals surface area contributed by atoms with Crippen molar-refractivity contribution < 1.29 is 4.39 Å². The number of pyridine rings is 1. The first-order valence-electron chi connectivity index (χ1n) is 6.08. The number of hydrogen-bond acceptors (Lipinski definition) is 2. The van der Waals surface area contributed by atoms with E-state index in [2.05, 4.69) is 24.1 Å². The fourth-order valence-corrected chi connectivity index (χ4v) is 1.73. The average molecular weight is 244 g/mol. The zero-order chi connectivity index (χ0) is 13.0.